The lowest BCUT2D eigenvalue weighted by Gasteiger charge is -1.79. The van der Waals surface area contributed by atoms with Crippen molar-refractivity contribution in [3.63, 3.8) is 0 Å². The van der Waals surface area contributed by atoms with E-state index < -0.39 is 11.9 Å². The first-order valence-corrected chi connectivity index (χ1v) is 6.16. The van der Waals surface area contributed by atoms with Crippen LogP contribution < -0.4 is 0 Å². The van der Waals surface area contributed by atoms with Crippen molar-refractivity contribution in [3.8, 4) is 0 Å². The number of aryl methyl sites for hydroxylation is 2. The van der Waals surface area contributed by atoms with Crippen LogP contribution in [0.1, 0.15) is 38.7 Å². The molecule has 2 aromatic rings. The van der Waals surface area contributed by atoms with Gasteiger partial charge in [0.1, 0.15) is 0 Å². The number of carboxylic acids is 2. The summed E-state index contributed by atoms with van der Waals surface area (Å²) in [6, 6.07) is 1.42. The number of aromatic nitrogens is 2. The topological polar surface area (TPSA) is 114 Å². The number of rotatable bonds is 3. The number of hydrogen-bond donors (Lipinski definition) is 2. The zero-order valence-corrected chi connectivity index (χ0v) is 11.1. The minimum Gasteiger partial charge on any atom is -0.476 e. The summed E-state index contributed by atoms with van der Waals surface area (Å²) >= 11 is 1.34. The zero-order valence-electron chi connectivity index (χ0n) is 10.3. The van der Waals surface area contributed by atoms with Crippen molar-refractivity contribution >= 4 is 23.3 Å². The van der Waals surface area contributed by atoms with Gasteiger partial charge in [0, 0.05) is 11.4 Å². The van der Waals surface area contributed by atoms with Crippen molar-refractivity contribution in [2.75, 3.05) is 0 Å². The molecule has 0 bridgehead atoms. The predicted molar refractivity (Wildman–Crippen MR) is 66.7 cm³/mol. The lowest BCUT2D eigenvalue weighted by molar-refractivity contribution is 0.0649. The molecule has 0 unspecified atom stereocenters. The molecule has 0 spiro atoms. The van der Waals surface area contributed by atoms with Crippen LogP contribution in [-0.2, 0) is 6.42 Å². The third-order valence-electron chi connectivity index (χ3n) is 1.97. The molecule has 2 heterocycles. The Morgan fingerprint density at radius 3 is 2.32 bits per heavy atom. The first-order valence-electron chi connectivity index (χ1n) is 5.28. The maximum atomic E-state index is 10.2. The number of hydrogen-bond acceptors (Lipinski definition) is 6. The number of aromatic carboxylic acids is 2. The van der Waals surface area contributed by atoms with Crippen molar-refractivity contribution < 1.29 is 24.3 Å². The standard InChI is InChI=1S/C6H7NO3.C5H5NO2S/c1-2-4-3-5(6(8)9)10-7-4;1-3-6-4(2-9-3)5(7)8/h3H,2H2,1H3,(H,8,9);2H,1H3,(H,7,8). The molecule has 2 N–H and O–H groups in total. The maximum Gasteiger partial charge on any atom is 0.374 e. The summed E-state index contributed by atoms with van der Waals surface area (Å²) in [7, 11) is 0. The van der Waals surface area contributed by atoms with Crippen LogP contribution in [0.3, 0.4) is 0 Å². The Bertz CT molecular complexity index is 575. The fourth-order valence-electron chi connectivity index (χ4n) is 1.04. The second kappa shape index (κ2) is 6.64. The van der Waals surface area contributed by atoms with E-state index in [2.05, 4.69) is 14.7 Å². The molecule has 0 radical (unpaired) electrons. The first-order chi connectivity index (χ1) is 8.93. The van der Waals surface area contributed by atoms with Crippen molar-refractivity contribution in [1.29, 1.82) is 0 Å². The van der Waals surface area contributed by atoms with Crippen LogP contribution in [0.4, 0.5) is 0 Å². The van der Waals surface area contributed by atoms with E-state index in [4.69, 9.17) is 10.2 Å². The minimum atomic E-state index is -1.08. The molecule has 0 aliphatic carbocycles. The monoisotopic (exact) mass is 284 g/mol. The van der Waals surface area contributed by atoms with Gasteiger partial charge in [-0.1, -0.05) is 12.1 Å². The molecular weight excluding hydrogens is 272 g/mol. The summed E-state index contributed by atoms with van der Waals surface area (Å²) in [4.78, 5) is 24.1. The Morgan fingerprint density at radius 2 is 2.05 bits per heavy atom. The highest BCUT2D eigenvalue weighted by molar-refractivity contribution is 7.09. The van der Waals surface area contributed by atoms with Crippen LogP contribution in [0, 0.1) is 6.92 Å². The molecule has 0 aliphatic rings. The minimum absolute atomic E-state index is 0.100. The lowest BCUT2D eigenvalue weighted by Crippen LogP contribution is -1.95. The van der Waals surface area contributed by atoms with Crippen LogP contribution in [0.5, 0.6) is 0 Å². The van der Waals surface area contributed by atoms with Crippen molar-refractivity contribution in [3.05, 3.63) is 33.6 Å². The summed E-state index contributed by atoms with van der Waals surface area (Å²) < 4.78 is 4.47. The Balaban J connectivity index is 0.000000191. The van der Waals surface area contributed by atoms with Gasteiger partial charge in [-0.15, -0.1) is 11.3 Å². The van der Waals surface area contributed by atoms with Gasteiger partial charge >= 0.3 is 11.9 Å². The largest absolute Gasteiger partial charge is 0.476 e. The number of carbonyl (C=O) groups is 2. The van der Waals surface area contributed by atoms with E-state index >= 15 is 0 Å². The molecule has 19 heavy (non-hydrogen) atoms. The maximum absolute atomic E-state index is 10.2. The molecular formula is C11H12N2O5S. The molecule has 0 amide bonds. The average Bonchev–Trinajstić information content (AvgIpc) is 2.97. The molecule has 0 saturated heterocycles. The van der Waals surface area contributed by atoms with E-state index in [1.807, 2.05) is 6.92 Å². The number of nitrogens with zero attached hydrogens (tertiary/aromatic N) is 2. The second-order valence-corrected chi connectivity index (χ2v) is 4.46. The molecule has 102 valence electrons. The van der Waals surface area contributed by atoms with E-state index in [0.717, 1.165) is 5.01 Å². The molecule has 0 fully saturated rings. The van der Waals surface area contributed by atoms with Crippen LogP contribution in [0.25, 0.3) is 0 Å². The number of carboxylic acid groups (broad SMARTS) is 2. The Hall–Kier alpha value is -2.22. The van der Waals surface area contributed by atoms with E-state index in [1.54, 1.807) is 6.92 Å². The van der Waals surface area contributed by atoms with Gasteiger partial charge in [0.2, 0.25) is 5.76 Å². The smallest absolute Gasteiger partial charge is 0.374 e. The molecule has 0 atom stereocenters. The lowest BCUT2D eigenvalue weighted by atomic mass is 10.3. The fourth-order valence-corrected chi connectivity index (χ4v) is 1.63. The van der Waals surface area contributed by atoms with E-state index in [9.17, 15) is 9.59 Å². The second-order valence-electron chi connectivity index (χ2n) is 3.40. The summed E-state index contributed by atoms with van der Waals surface area (Å²) in [5.74, 6) is -2.14. The highest BCUT2D eigenvalue weighted by atomic mass is 32.1. The van der Waals surface area contributed by atoms with Crippen molar-refractivity contribution in [2.45, 2.75) is 20.3 Å². The summed E-state index contributed by atoms with van der Waals surface area (Å²) in [6.45, 7) is 3.65. The van der Waals surface area contributed by atoms with E-state index in [-0.39, 0.29) is 11.5 Å². The molecule has 0 aliphatic heterocycles. The molecule has 0 saturated carbocycles. The molecule has 2 rings (SSSR count). The highest BCUT2D eigenvalue weighted by Crippen LogP contribution is 2.06. The third-order valence-corrected chi connectivity index (χ3v) is 2.74. The Morgan fingerprint density at radius 1 is 1.37 bits per heavy atom. The number of thiazole rings is 1. The molecule has 8 heteroatoms. The van der Waals surface area contributed by atoms with Crippen molar-refractivity contribution in [2.24, 2.45) is 0 Å². The quantitative estimate of drug-likeness (QED) is 0.886. The Kier molecular flexibility index (Phi) is 5.19. The molecule has 0 aromatic carbocycles. The molecule has 2 aromatic heterocycles. The third kappa shape index (κ3) is 4.51. The van der Waals surface area contributed by atoms with E-state index in [1.165, 1.54) is 22.8 Å². The van der Waals surface area contributed by atoms with Gasteiger partial charge < -0.3 is 14.7 Å². The van der Waals surface area contributed by atoms with Gasteiger partial charge in [0.15, 0.2) is 5.69 Å². The van der Waals surface area contributed by atoms with Crippen LogP contribution in [0.2, 0.25) is 0 Å². The van der Waals surface area contributed by atoms with Crippen LogP contribution in [-0.4, -0.2) is 32.3 Å². The first kappa shape index (κ1) is 14.8. The zero-order chi connectivity index (χ0) is 14.4. The fraction of sp³-hybridized carbons (Fsp3) is 0.273. The Labute approximate surface area is 112 Å². The summed E-state index contributed by atoms with van der Waals surface area (Å²) in [5, 5.41) is 22.5. The van der Waals surface area contributed by atoms with Gasteiger partial charge in [0.25, 0.3) is 0 Å². The van der Waals surface area contributed by atoms with Gasteiger partial charge in [0.05, 0.1) is 10.7 Å². The van der Waals surface area contributed by atoms with Crippen molar-refractivity contribution in [1.82, 2.24) is 10.1 Å². The normalized spacial score (nSPS) is 9.58. The van der Waals surface area contributed by atoms with Crippen LogP contribution in [0.15, 0.2) is 16.0 Å². The van der Waals surface area contributed by atoms with Gasteiger partial charge in [-0.25, -0.2) is 14.6 Å². The predicted octanol–water partition coefficient (Wildman–Crippen LogP) is 2.08. The van der Waals surface area contributed by atoms with Gasteiger partial charge in [-0.3, -0.25) is 0 Å². The van der Waals surface area contributed by atoms with Crippen LogP contribution >= 0.6 is 11.3 Å². The SMILES string of the molecule is CCc1cc(C(=O)O)on1.Cc1nc(C(=O)O)cs1. The van der Waals surface area contributed by atoms with Gasteiger partial charge in [-0.05, 0) is 13.3 Å². The molecule has 7 nitrogen and oxygen atoms in total. The highest BCUT2D eigenvalue weighted by Gasteiger charge is 2.08. The average molecular weight is 284 g/mol. The van der Waals surface area contributed by atoms with Gasteiger partial charge in [-0.2, -0.15) is 0 Å². The van der Waals surface area contributed by atoms with E-state index in [0.29, 0.717) is 12.1 Å². The summed E-state index contributed by atoms with van der Waals surface area (Å²) in [6.07, 6.45) is 0.691. The summed E-state index contributed by atoms with van der Waals surface area (Å²) in [5.41, 5.74) is 0.801.